The number of hydrogen-bond donors (Lipinski definition) is 0. The Balaban J connectivity index is 1.48. The number of aryl methyl sites for hydroxylation is 1. The van der Waals surface area contributed by atoms with E-state index in [1.807, 2.05) is 42.5 Å². The number of carbonyl (C=O) groups is 1. The summed E-state index contributed by atoms with van der Waals surface area (Å²) in [6.07, 6.45) is 0. The van der Waals surface area contributed by atoms with Crippen LogP contribution >= 0.6 is 11.8 Å². The molecule has 0 aliphatic carbocycles. The van der Waals surface area contributed by atoms with Crippen LogP contribution in [0.4, 0.5) is 0 Å². The first-order chi connectivity index (χ1) is 13.2. The number of rotatable bonds is 7. The smallest absolute Gasteiger partial charge is 0.316 e. The fourth-order valence-electron chi connectivity index (χ4n) is 2.44. The Labute approximate surface area is 161 Å². The van der Waals surface area contributed by atoms with Gasteiger partial charge in [0, 0.05) is 6.92 Å². The number of nitriles is 1. The van der Waals surface area contributed by atoms with Gasteiger partial charge in [-0.15, -0.1) is 11.8 Å². The van der Waals surface area contributed by atoms with Crippen molar-refractivity contribution in [1.82, 2.24) is 10.1 Å². The molecule has 2 aromatic carbocycles. The topological polar surface area (TPSA) is 89.0 Å². The molecule has 0 amide bonds. The van der Waals surface area contributed by atoms with Crippen molar-refractivity contribution in [2.75, 3.05) is 5.75 Å². The molecule has 3 rings (SSSR count). The lowest BCUT2D eigenvalue weighted by Crippen LogP contribution is -2.07. The van der Waals surface area contributed by atoms with E-state index in [0.717, 1.165) is 16.7 Å². The van der Waals surface area contributed by atoms with E-state index < -0.39 is 0 Å². The van der Waals surface area contributed by atoms with Gasteiger partial charge in [0.2, 0.25) is 5.89 Å². The van der Waals surface area contributed by atoms with Gasteiger partial charge >= 0.3 is 5.97 Å². The van der Waals surface area contributed by atoms with Gasteiger partial charge in [0.25, 0.3) is 0 Å². The van der Waals surface area contributed by atoms with E-state index in [-0.39, 0.29) is 18.3 Å². The van der Waals surface area contributed by atoms with Crippen LogP contribution in [0, 0.1) is 18.3 Å². The molecule has 3 aromatic rings. The minimum atomic E-state index is -0.292. The molecule has 0 fully saturated rings. The van der Waals surface area contributed by atoms with Gasteiger partial charge in [-0.05, 0) is 22.8 Å². The number of hydrogen-bond acceptors (Lipinski definition) is 7. The van der Waals surface area contributed by atoms with Crippen molar-refractivity contribution >= 4 is 17.7 Å². The molecule has 7 heteroatoms. The Morgan fingerprint density at radius 2 is 2.00 bits per heavy atom. The first-order valence-electron chi connectivity index (χ1n) is 8.26. The van der Waals surface area contributed by atoms with E-state index in [1.54, 1.807) is 13.0 Å². The third-order valence-corrected chi connectivity index (χ3v) is 4.64. The summed E-state index contributed by atoms with van der Waals surface area (Å²) < 4.78 is 10.2. The van der Waals surface area contributed by atoms with Crippen LogP contribution in [0.3, 0.4) is 0 Å². The zero-order valence-electron chi connectivity index (χ0n) is 14.7. The summed E-state index contributed by atoms with van der Waals surface area (Å²) in [4.78, 5) is 15.9. The van der Waals surface area contributed by atoms with E-state index in [0.29, 0.717) is 23.0 Å². The second kappa shape index (κ2) is 9.01. The first kappa shape index (κ1) is 18.7. The molecule has 136 valence electrons. The average molecular weight is 379 g/mol. The van der Waals surface area contributed by atoms with Gasteiger partial charge in [-0.1, -0.05) is 47.6 Å². The third kappa shape index (κ3) is 5.19. The maximum atomic E-state index is 11.8. The van der Waals surface area contributed by atoms with E-state index in [2.05, 4.69) is 16.2 Å². The summed E-state index contributed by atoms with van der Waals surface area (Å²) in [6, 6.07) is 17.3. The fraction of sp³-hybridized carbons (Fsp3) is 0.200. The number of aromatic nitrogens is 2. The van der Waals surface area contributed by atoms with Crippen molar-refractivity contribution in [3.63, 3.8) is 0 Å². The van der Waals surface area contributed by atoms with Gasteiger partial charge in [-0.2, -0.15) is 10.2 Å². The van der Waals surface area contributed by atoms with Gasteiger partial charge in [0.15, 0.2) is 5.82 Å². The lowest BCUT2D eigenvalue weighted by Gasteiger charge is -2.07. The zero-order chi connectivity index (χ0) is 19.1. The van der Waals surface area contributed by atoms with Crippen LogP contribution in [0.2, 0.25) is 0 Å². The maximum Gasteiger partial charge on any atom is 0.316 e. The van der Waals surface area contributed by atoms with Crippen LogP contribution in [0.15, 0.2) is 53.1 Å². The highest BCUT2D eigenvalue weighted by molar-refractivity contribution is 7.99. The fourth-order valence-corrected chi connectivity index (χ4v) is 3.10. The maximum absolute atomic E-state index is 11.8. The second-order valence-electron chi connectivity index (χ2n) is 5.74. The molecule has 0 spiro atoms. The molecule has 0 unspecified atom stereocenters. The van der Waals surface area contributed by atoms with Crippen LogP contribution in [-0.4, -0.2) is 21.9 Å². The summed E-state index contributed by atoms with van der Waals surface area (Å²) in [5, 5.41) is 13.0. The number of thioether (sulfide) groups is 1. The molecule has 0 aliphatic rings. The van der Waals surface area contributed by atoms with Crippen molar-refractivity contribution in [1.29, 1.82) is 5.26 Å². The van der Waals surface area contributed by atoms with Gasteiger partial charge in [-0.25, -0.2) is 0 Å². The van der Waals surface area contributed by atoms with Crippen molar-refractivity contribution in [3.8, 4) is 17.2 Å². The Bertz CT molecular complexity index is 961. The van der Waals surface area contributed by atoms with E-state index in [9.17, 15) is 10.1 Å². The molecule has 0 N–H and O–H groups in total. The minimum Gasteiger partial charge on any atom is -0.460 e. The normalized spacial score (nSPS) is 10.4. The van der Waals surface area contributed by atoms with Crippen LogP contribution in [0.1, 0.15) is 22.8 Å². The lowest BCUT2D eigenvalue weighted by atomic mass is 9.99. The predicted octanol–water partition coefficient (Wildman–Crippen LogP) is 3.89. The summed E-state index contributed by atoms with van der Waals surface area (Å²) in [5.41, 5.74) is 3.36. The Morgan fingerprint density at radius 3 is 2.70 bits per heavy atom. The molecule has 0 bridgehead atoms. The summed E-state index contributed by atoms with van der Waals surface area (Å²) >= 11 is 1.38. The summed E-state index contributed by atoms with van der Waals surface area (Å²) in [6.45, 7) is 1.93. The molecule has 0 atom stereocenters. The number of carbonyl (C=O) groups excluding carboxylic acids is 1. The van der Waals surface area contributed by atoms with E-state index >= 15 is 0 Å². The molecule has 0 saturated carbocycles. The second-order valence-corrected chi connectivity index (χ2v) is 6.72. The van der Waals surface area contributed by atoms with Gasteiger partial charge in [0.1, 0.15) is 6.61 Å². The largest absolute Gasteiger partial charge is 0.460 e. The van der Waals surface area contributed by atoms with Crippen LogP contribution in [0.5, 0.6) is 0 Å². The Morgan fingerprint density at radius 1 is 1.22 bits per heavy atom. The molecule has 0 aliphatic heterocycles. The molecule has 1 aromatic heterocycles. The van der Waals surface area contributed by atoms with Crippen LogP contribution in [-0.2, 0) is 21.9 Å². The molecule has 0 saturated heterocycles. The SMILES string of the molecule is Cc1nc(CSCC(=O)OCc2ccc(-c3ccccc3C#N)cc2)no1. The molecule has 27 heavy (non-hydrogen) atoms. The third-order valence-electron chi connectivity index (χ3n) is 3.73. The van der Waals surface area contributed by atoms with E-state index in [4.69, 9.17) is 9.26 Å². The molecule has 6 nitrogen and oxygen atoms in total. The monoisotopic (exact) mass is 379 g/mol. The van der Waals surface area contributed by atoms with Gasteiger partial charge in [0.05, 0.1) is 23.1 Å². The molecular weight excluding hydrogens is 362 g/mol. The van der Waals surface area contributed by atoms with E-state index in [1.165, 1.54) is 11.8 Å². The number of esters is 1. The Hall–Kier alpha value is -3.11. The van der Waals surface area contributed by atoms with Crippen molar-refractivity contribution in [2.45, 2.75) is 19.3 Å². The minimum absolute atomic E-state index is 0.209. The molecular formula is C20H17N3O3S. The van der Waals surface area contributed by atoms with Crippen LogP contribution in [0.25, 0.3) is 11.1 Å². The van der Waals surface area contributed by atoms with Crippen molar-refractivity contribution in [2.24, 2.45) is 0 Å². The molecule has 1 heterocycles. The van der Waals surface area contributed by atoms with Crippen molar-refractivity contribution < 1.29 is 14.1 Å². The Kier molecular flexibility index (Phi) is 6.23. The number of nitrogens with zero attached hydrogens (tertiary/aromatic N) is 3. The summed E-state index contributed by atoms with van der Waals surface area (Å²) in [7, 11) is 0. The van der Waals surface area contributed by atoms with Crippen molar-refractivity contribution in [3.05, 3.63) is 71.4 Å². The highest BCUT2D eigenvalue weighted by atomic mass is 32.2. The standard InChI is InChI=1S/C20H17N3O3S/c1-14-22-19(23-26-14)12-27-13-20(24)25-11-15-6-8-16(9-7-15)18-5-3-2-4-17(18)10-21/h2-9H,11-13H2,1H3. The summed E-state index contributed by atoms with van der Waals surface area (Å²) in [5.74, 6) is 1.51. The highest BCUT2D eigenvalue weighted by Crippen LogP contribution is 2.23. The number of benzene rings is 2. The molecule has 0 radical (unpaired) electrons. The highest BCUT2D eigenvalue weighted by Gasteiger charge is 2.08. The lowest BCUT2D eigenvalue weighted by molar-refractivity contribution is -0.141. The first-order valence-corrected chi connectivity index (χ1v) is 9.42. The quantitative estimate of drug-likeness (QED) is 0.575. The van der Waals surface area contributed by atoms with Gasteiger partial charge in [-0.3, -0.25) is 4.79 Å². The number of ether oxygens (including phenoxy) is 1. The van der Waals surface area contributed by atoms with Crippen LogP contribution < -0.4 is 0 Å². The predicted molar refractivity (Wildman–Crippen MR) is 102 cm³/mol. The van der Waals surface area contributed by atoms with Gasteiger partial charge < -0.3 is 9.26 Å². The zero-order valence-corrected chi connectivity index (χ0v) is 15.5. The average Bonchev–Trinajstić information content (AvgIpc) is 3.12.